The summed E-state index contributed by atoms with van der Waals surface area (Å²) in [7, 11) is 0. The number of aliphatic hydroxyl groups excluding tert-OH is 3. The molecule has 0 aromatic carbocycles. The lowest BCUT2D eigenvalue weighted by atomic mass is 9.48. The van der Waals surface area contributed by atoms with E-state index in [1.54, 1.807) is 13.8 Å². The predicted octanol–water partition coefficient (Wildman–Crippen LogP) is 1.82. The van der Waals surface area contributed by atoms with Gasteiger partial charge < -0.3 is 29.5 Å². The van der Waals surface area contributed by atoms with Crippen LogP contribution in [0.2, 0.25) is 0 Å². The highest BCUT2D eigenvalue weighted by molar-refractivity contribution is 5.68. The van der Waals surface area contributed by atoms with Crippen LogP contribution in [0.5, 0.6) is 0 Å². The molecule has 35 heavy (non-hydrogen) atoms. The number of aliphatic hydroxyl groups is 3. The fraction of sp³-hybridized carbons (Fsp3) is 0.731. The van der Waals surface area contributed by atoms with Crippen molar-refractivity contribution in [1.82, 2.24) is 0 Å². The zero-order valence-corrected chi connectivity index (χ0v) is 21.5. The van der Waals surface area contributed by atoms with Crippen LogP contribution in [-0.4, -0.2) is 69.9 Å². The topological polar surface area (TPSA) is 140 Å². The molecule has 2 saturated carbocycles. The standard InChI is InChI=1S/C26H38O9/c1-11-17(30)10-19(31)26(8)21(11)22(34-14(4)28)16-9-18(33-13(3)27)12(2)20(25(16,6)7)23(24(26)32)35-15(5)29/h16-19,21-24,30-32H,1,9-10H2,2-8H3/t16-,17?,18?,19?,21-,22?,23?,24?,26+/m0/s1. The van der Waals surface area contributed by atoms with Crippen molar-refractivity contribution in [2.45, 2.75) is 97.9 Å². The molecule has 3 N–H and O–H groups in total. The SMILES string of the molecule is C=C1C(O)CC(O)[C@@]2(C)C(O)C(OC(C)=O)C3=C(C)C(OC(C)=O)C[C@@H](C(OC(C)=O)[C@H]12)C3(C)C. The molecule has 9 heteroatoms. The molecule has 9 nitrogen and oxygen atoms in total. The van der Waals surface area contributed by atoms with Gasteiger partial charge in [0.05, 0.1) is 12.2 Å². The van der Waals surface area contributed by atoms with Crippen LogP contribution in [0.25, 0.3) is 0 Å². The van der Waals surface area contributed by atoms with Gasteiger partial charge in [-0.2, -0.15) is 0 Å². The minimum absolute atomic E-state index is 0.0787. The third kappa shape index (κ3) is 4.42. The number of hydrogen-bond donors (Lipinski definition) is 3. The Morgan fingerprint density at radius 3 is 1.97 bits per heavy atom. The van der Waals surface area contributed by atoms with E-state index in [0.29, 0.717) is 16.7 Å². The van der Waals surface area contributed by atoms with Crippen LogP contribution in [-0.2, 0) is 28.6 Å². The van der Waals surface area contributed by atoms with Gasteiger partial charge in [0, 0.05) is 44.4 Å². The maximum absolute atomic E-state index is 12.3. The van der Waals surface area contributed by atoms with Crippen LogP contribution in [0.1, 0.15) is 61.3 Å². The monoisotopic (exact) mass is 494 g/mol. The molecule has 196 valence electrons. The van der Waals surface area contributed by atoms with Crippen LogP contribution in [0.3, 0.4) is 0 Å². The average Bonchev–Trinajstić information content (AvgIpc) is 2.71. The molecular weight excluding hydrogens is 456 g/mol. The maximum Gasteiger partial charge on any atom is 0.303 e. The number of carbonyl (C=O) groups is 3. The van der Waals surface area contributed by atoms with Crippen LogP contribution in [0.4, 0.5) is 0 Å². The quantitative estimate of drug-likeness (QED) is 0.304. The Bertz CT molecular complexity index is 950. The summed E-state index contributed by atoms with van der Waals surface area (Å²) in [4.78, 5) is 36.5. The van der Waals surface area contributed by atoms with Gasteiger partial charge in [-0.05, 0) is 35.5 Å². The maximum atomic E-state index is 12.3. The molecule has 3 aliphatic rings. The van der Waals surface area contributed by atoms with Crippen molar-refractivity contribution in [2.24, 2.45) is 22.7 Å². The van der Waals surface area contributed by atoms with Crippen LogP contribution >= 0.6 is 0 Å². The summed E-state index contributed by atoms with van der Waals surface area (Å²) < 4.78 is 17.2. The van der Waals surface area contributed by atoms with Crippen molar-refractivity contribution < 1.29 is 43.9 Å². The zero-order valence-electron chi connectivity index (χ0n) is 21.5. The van der Waals surface area contributed by atoms with E-state index in [0.717, 1.165) is 0 Å². The Balaban J connectivity index is 2.39. The van der Waals surface area contributed by atoms with E-state index in [1.165, 1.54) is 20.8 Å². The predicted molar refractivity (Wildman–Crippen MR) is 125 cm³/mol. The first-order valence-electron chi connectivity index (χ1n) is 12.0. The number of ether oxygens (including phenoxy) is 3. The summed E-state index contributed by atoms with van der Waals surface area (Å²) in [5, 5.41) is 33.9. The minimum atomic E-state index is -1.45. The van der Waals surface area contributed by atoms with Gasteiger partial charge in [0.25, 0.3) is 0 Å². The summed E-state index contributed by atoms with van der Waals surface area (Å²) in [5.41, 5.74) is -0.663. The van der Waals surface area contributed by atoms with E-state index in [2.05, 4.69) is 6.58 Å². The molecule has 0 spiro atoms. The van der Waals surface area contributed by atoms with Gasteiger partial charge in [0.15, 0.2) is 6.10 Å². The number of carbonyl (C=O) groups excluding carboxylic acids is 3. The third-order valence-corrected chi connectivity index (χ3v) is 8.50. The molecule has 0 aliphatic heterocycles. The Morgan fingerprint density at radius 2 is 1.46 bits per heavy atom. The number of hydrogen-bond acceptors (Lipinski definition) is 9. The van der Waals surface area contributed by atoms with E-state index < -0.39 is 77.2 Å². The smallest absolute Gasteiger partial charge is 0.303 e. The molecule has 3 rings (SSSR count). The highest BCUT2D eigenvalue weighted by Gasteiger charge is 2.65. The van der Waals surface area contributed by atoms with Gasteiger partial charge >= 0.3 is 17.9 Å². The highest BCUT2D eigenvalue weighted by atomic mass is 16.6. The van der Waals surface area contributed by atoms with Crippen molar-refractivity contribution in [3.8, 4) is 0 Å². The summed E-state index contributed by atoms with van der Waals surface area (Å²) in [6.45, 7) is 15.1. The molecule has 0 aromatic heterocycles. The molecule has 2 fully saturated rings. The molecule has 9 atom stereocenters. The second kappa shape index (κ2) is 9.33. The van der Waals surface area contributed by atoms with Crippen LogP contribution < -0.4 is 0 Å². The van der Waals surface area contributed by atoms with Gasteiger partial charge in [-0.3, -0.25) is 14.4 Å². The molecule has 0 heterocycles. The summed E-state index contributed by atoms with van der Waals surface area (Å²) in [5.74, 6) is -3.06. The first-order chi connectivity index (χ1) is 16.0. The number of fused-ring (bicyclic) bond motifs is 3. The lowest BCUT2D eigenvalue weighted by Gasteiger charge is -2.60. The molecular formula is C26H38O9. The lowest BCUT2D eigenvalue weighted by molar-refractivity contribution is -0.213. The summed E-state index contributed by atoms with van der Waals surface area (Å²) in [6.07, 6.45) is -6.35. The fourth-order valence-electron chi connectivity index (χ4n) is 6.79. The van der Waals surface area contributed by atoms with Gasteiger partial charge in [-0.25, -0.2) is 0 Å². The van der Waals surface area contributed by atoms with E-state index in [9.17, 15) is 29.7 Å². The molecule has 0 amide bonds. The average molecular weight is 495 g/mol. The van der Waals surface area contributed by atoms with Crippen molar-refractivity contribution in [2.75, 3.05) is 0 Å². The largest absolute Gasteiger partial charge is 0.462 e. The van der Waals surface area contributed by atoms with Crippen LogP contribution in [0, 0.1) is 22.7 Å². The first-order valence-corrected chi connectivity index (χ1v) is 12.0. The second-order valence-corrected chi connectivity index (χ2v) is 11.0. The van der Waals surface area contributed by atoms with Gasteiger partial charge in [0.1, 0.15) is 18.3 Å². The molecule has 0 radical (unpaired) electrons. The van der Waals surface area contributed by atoms with Crippen molar-refractivity contribution in [1.29, 1.82) is 0 Å². The highest BCUT2D eigenvalue weighted by Crippen LogP contribution is 2.60. The number of esters is 3. The fourth-order valence-corrected chi connectivity index (χ4v) is 6.79. The zero-order chi connectivity index (χ0) is 26.6. The molecule has 2 bridgehead atoms. The van der Waals surface area contributed by atoms with E-state index in [4.69, 9.17) is 14.2 Å². The molecule has 3 aliphatic carbocycles. The minimum Gasteiger partial charge on any atom is -0.462 e. The molecule has 6 unspecified atom stereocenters. The van der Waals surface area contributed by atoms with Gasteiger partial charge in [0.2, 0.25) is 0 Å². The first kappa shape index (κ1) is 27.4. The Hall–Kier alpha value is -2.23. The summed E-state index contributed by atoms with van der Waals surface area (Å²) >= 11 is 0. The van der Waals surface area contributed by atoms with Gasteiger partial charge in [-0.15, -0.1) is 0 Å². The second-order valence-electron chi connectivity index (χ2n) is 11.0. The summed E-state index contributed by atoms with van der Waals surface area (Å²) in [6, 6.07) is 0. The molecule has 0 aromatic rings. The van der Waals surface area contributed by atoms with Crippen molar-refractivity contribution in [3.63, 3.8) is 0 Å². The lowest BCUT2D eigenvalue weighted by Crippen LogP contribution is -2.67. The van der Waals surface area contributed by atoms with Crippen molar-refractivity contribution in [3.05, 3.63) is 23.3 Å². The van der Waals surface area contributed by atoms with E-state index in [1.807, 2.05) is 13.8 Å². The Kier molecular flexibility index (Phi) is 7.30. The van der Waals surface area contributed by atoms with Crippen LogP contribution in [0.15, 0.2) is 23.3 Å². The van der Waals surface area contributed by atoms with E-state index in [-0.39, 0.29) is 12.8 Å². The molecule has 0 saturated heterocycles. The van der Waals surface area contributed by atoms with Crippen molar-refractivity contribution >= 4 is 17.9 Å². The Labute approximate surface area is 206 Å². The number of rotatable bonds is 3. The normalized spacial score (nSPS) is 40.7. The van der Waals surface area contributed by atoms with Gasteiger partial charge in [-0.1, -0.05) is 27.4 Å². The van der Waals surface area contributed by atoms with E-state index >= 15 is 0 Å². The Morgan fingerprint density at radius 1 is 0.914 bits per heavy atom. The third-order valence-electron chi connectivity index (χ3n) is 8.50.